The van der Waals surface area contributed by atoms with E-state index in [1.54, 1.807) is 30.3 Å². The molecule has 1 aromatic heterocycles. The van der Waals surface area contributed by atoms with Gasteiger partial charge in [0.25, 0.3) is 0 Å². The Balaban J connectivity index is 1.75. The Bertz CT molecular complexity index is 964. The maximum absolute atomic E-state index is 13.3. The van der Waals surface area contributed by atoms with Gasteiger partial charge in [-0.25, -0.2) is 4.39 Å². The first kappa shape index (κ1) is 17.1. The minimum Gasteiger partial charge on any atom is -0.375 e. The highest BCUT2D eigenvalue weighted by atomic mass is 35.5. The van der Waals surface area contributed by atoms with Crippen LogP contribution in [0.15, 0.2) is 42.5 Å². The maximum Gasteiger partial charge on any atom is 0.165 e. The minimum atomic E-state index is -1.08. The summed E-state index contributed by atoms with van der Waals surface area (Å²) < 4.78 is 15.2. The van der Waals surface area contributed by atoms with Gasteiger partial charge in [0, 0.05) is 12.6 Å². The second-order valence-electron chi connectivity index (χ2n) is 6.68. The van der Waals surface area contributed by atoms with Gasteiger partial charge in [-0.3, -0.25) is 0 Å². The zero-order chi connectivity index (χ0) is 18.5. The number of rotatable bonds is 4. The molecule has 0 radical (unpaired) electrons. The van der Waals surface area contributed by atoms with Crippen molar-refractivity contribution in [3.05, 3.63) is 70.3 Å². The van der Waals surface area contributed by atoms with Crippen LogP contribution in [-0.2, 0) is 12.5 Å². The number of aliphatic hydroxyl groups is 1. The Morgan fingerprint density at radius 2 is 1.88 bits per heavy atom. The molecule has 1 aliphatic carbocycles. The van der Waals surface area contributed by atoms with Gasteiger partial charge in [0.2, 0.25) is 0 Å². The van der Waals surface area contributed by atoms with Crippen molar-refractivity contribution in [2.45, 2.75) is 24.5 Å². The summed E-state index contributed by atoms with van der Waals surface area (Å²) in [6.07, 6.45) is 0.803. The molecule has 1 fully saturated rings. The number of hydrogen-bond acceptors (Lipinski definition) is 4. The standard InChI is InChI=1S/C19H18ClFN4O/c1-25-17(14-7-2-11(16(22)26)10-15(14)20)23-24-18(25)19(8-9-19)12-3-5-13(21)6-4-12/h2-7,10,16,26H,8-9,22H2,1H3. The lowest BCUT2D eigenvalue weighted by atomic mass is 9.95. The summed E-state index contributed by atoms with van der Waals surface area (Å²) in [7, 11) is 1.90. The average Bonchev–Trinajstić information content (AvgIpc) is 3.32. The van der Waals surface area contributed by atoms with E-state index in [-0.39, 0.29) is 11.2 Å². The lowest BCUT2D eigenvalue weighted by Gasteiger charge is -2.16. The summed E-state index contributed by atoms with van der Waals surface area (Å²) in [6.45, 7) is 0. The van der Waals surface area contributed by atoms with Crippen LogP contribution in [0, 0.1) is 5.82 Å². The molecule has 5 nitrogen and oxygen atoms in total. The molecule has 0 spiro atoms. The van der Waals surface area contributed by atoms with E-state index in [0.717, 1.165) is 24.2 Å². The van der Waals surface area contributed by atoms with Crippen molar-refractivity contribution >= 4 is 11.6 Å². The summed E-state index contributed by atoms with van der Waals surface area (Å²) in [4.78, 5) is 0. The molecular formula is C19H18ClFN4O. The normalized spacial score (nSPS) is 16.5. The maximum atomic E-state index is 13.3. The van der Waals surface area contributed by atoms with E-state index in [9.17, 15) is 9.50 Å². The van der Waals surface area contributed by atoms with Gasteiger partial charge in [-0.2, -0.15) is 0 Å². The molecule has 7 heteroatoms. The van der Waals surface area contributed by atoms with Gasteiger partial charge in [-0.05, 0) is 48.2 Å². The minimum absolute atomic E-state index is 0.229. The third kappa shape index (κ3) is 2.70. The molecule has 0 saturated heterocycles. The van der Waals surface area contributed by atoms with Crippen LogP contribution in [0.3, 0.4) is 0 Å². The van der Waals surface area contributed by atoms with Crippen LogP contribution in [-0.4, -0.2) is 19.9 Å². The van der Waals surface area contributed by atoms with Crippen molar-refractivity contribution in [2.24, 2.45) is 12.8 Å². The van der Waals surface area contributed by atoms with E-state index in [4.69, 9.17) is 17.3 Å². The van der Waals surface area contributed by atoms with Gasteiger partial charge in [0.05, 0.1) is 10.4 Å². The van der Waals surface area contributed by atoms with Gasteiger partial charge >= 0.3 is 0 Å². The zero-order valence-corrected chi connectivity index (χ0v) is 14.9. The molecular weight excluding hydrogens is 355 g/mol. The van der Waals surface area contributed by atoms with Crippen molar-refractivity contribution in [3.63, 3.8) is 0 Å². The van der Waals surface area contributed by atoms with Crippen LogP contribution in [0.2, 0.25) is 5.02 Å². The second kappa shape index (κ2) is 6.16. The third-order valence-corrected chi connectivity index (χ3v) is 5.34. The van der Waals surface area contributed by atoms with E-state index in [1.807, 2.05) is 11.6 Å². The molecule has 2 aromatic carbocycles. The SMILES string of the molecule is Cn1c(-c2ccc(C(N)O)cc2Cl)nnc1C1(c2ccc(F)cc2)CC1. The Morgan fingerprint density at radius 3 is 2.46 bits per heavy atom. The highest BCUT2D eigenvalue weighted by Gasteiger charge is 2.50. The van der Waals surface area contributed by atoms with Gasteiger partial charge < -0.3 is 15.4 Å². The van der Waals surface area contributed by atoms with Crippen LogP contribution in [0.5, 0.6) is 0 Å². The molecule has 4 rings (SSSR count). The molecule has 0 aliphatic heterocycles. The molecule has 1 heterocycles. The topological polar surface area (TPSA) is 77.0 Å². The Kier molecular flexibility index (Phi) is 4.06. The second-order valence-corrected chi connectivity index (χ2v) is 7.09. The van der Waals surface area contributed by atoms with Crippen LogP contribution in [0.4, 0.5) is 4.39 Å². The van der Waals surface area contributed by atoms with E-state index < -0.39 is 6.23 Å². The number of hydrogen-bond donors (Lipinski definition) is 2. The summed E-state index contributed by atoms with van der Waals surface area (Å²) in [5, 5.41) is 18.7. The number of nitrogens with zero attached hydrogens (tertiary/aromatic N) is 3. The van der Waals surface area contributed by atoms with Crippen molar-refractivity contribution < 1.29 is 9.50 Å². The van der Waals surface area contributed by atoms with Crippen molar-refractivity contribution in [1.82, 2.24) is 14.8 Å². The van der Waals surface area contributed by atoms with Gasteiger partial charge in [-0.1, -0.05) is 29.8 Å². The molecule has 134 valence electrons. The Labute approximate surface area is 155 Å². The fourth-order valence-electron chi connectivity index (χ4n) is 3.41. The summed E-state index contributed by atoms with van der Waals surface area (Å²) in [5.74, 6) is 1.21. The molecule has 3 N–H and O–H groups in total. The van der Waals surface area contributed by atoms with Crippen LogP contribution in [0.1, 0.15) is 36.0 Å². The van der Waals surface area contributed by atoms with E-state index in [0.29, 0.717) is 22.0 Å². The predicted octanol–water partition coefficient (Wildman–Crippen LogP) is 3.30. The molecule has 26 heavy (non-hydrogen) atoms. The van der Waals surface area contributed by atoms with Gasteiger partial charge in [0.15, 0.2) is 5.82 Å². The first-order valence-electron chi connectivity index (χ1n) is 8.32. The Hall–Kier alpha value is -2.28. The van der Waals surface area contributed by atoms with Crippen molar-refractivity contribution in [1.29, 1.82) is 0 Å². The monoisotopic (exact) mass is 372 g/mol. The first-order chi connectivity index (χ1) is 12.4. The number of halogens is 2. The number of aliphatic hydroxyl groups excluding tert-OH is 1. The molecule has 1 atom stereocenters. The summed E-state index contributed by atoms with van der Waals surface area (Å²) in [6, 6.07) is 11.7. The van der Waals surface area contributed by atoms with Crippen LogP contribution in [0.25, 0.3) is 11.4 Å². The van der Waals surface area contributed by atoms with E-state index in [1.165, 1.54) is 12.1 Å². The number of aromatic nitrogens is 3. The smallest absolute Gasteiger partial charge is 0.165 e. The summed E-state index contributed by atoms with van der Waals surface area (Å²) >= 11 is 6.36. The van der Waals surface area contributed by atoms with E-state index in [2.05, 4.69) is 10.2 Å². The molecule has 1 unspecified atom stereocenters. The highest BCUT2D eigenvalue weighted by molar-refractivity contribution is 6.33. The fraction of sp³-hybridized carbons (Fsp3) is 0.263. The van der Waals surface area contributed by atoms with E-state index >= 15 is 0 Å². The molecule has 0 bridgehead atoms. The fourth-order valence-corrected chi connectivity index (χ4v) is 3.69. The molecule has 1 aliphatic rings. The summed E-state index contributed by atoms with van der Waals surface area (Å²) in [5.41, 5.74) is 7.54. The number of benzene rings is 2. The Morgan fingerprint density at radius 1 is 1.19 bits per heavy atom. The largest absolute Gasteiger partial charge is 0.375 e. The van der Waals surface area contributed by atoms with Gasteiger partial charge in [0.1, 0.15) is 17.9 Å². The van der Waals surface area contributed by atoms with Crippen LogP contribution < -0.4 is 5.73 Å². The molecule has 1 saturated carbocycles. The van der Waals surface area contributed by atoms with Crippen LogP contribution >= 0.6 is 11.6 Å². The lowest BCUT2D eigenvalue weighted by Crippen LogP contribution is -2.15. The van der Waals surface area contributed by atoms with Crippen molar-refractivity contribution in [3.8, 4) is 11.4 Å². The quantitative estimate of drug-likeness (QED) is 0.689. The average molecular weight is 373 g/mol. The first-order valence-corrected chi connectivity index (χ1v) is 8.69. The van der Waals surface area contributed by atoms with Crippen molar-refractivity contribution in [2.75, 3.05) is 0 Å². The lowest BCUT2D eigenvalue weighted by molar-refractivity contribution is 0.186. The zero-order valence-electron chi connectivity index (χ0n) is 14.2. The third-order valence-electron chi connectivity index (χ3n) is 5.03. The van der Waals surface area contributed by atoms with Gasteiger partial charge in [-0.15, -0.1) is 10.2 Å². The molecule has 0 amide bonds. The number of nitrogens with two attached hydrogens (primary N) is 1. The predicted molar refractivity (Wildman–Crippen MR) is 97.0 cm³/mol. The highest BCUT2D eigenvalue weighted by Crippen LogP contribution is 2.53. The molecule has 3 aromatic rings.